The van der Waals surface area contributed by atoms with Gasteiger partial charge in [-0.3, -0.25) is 4.79 Å². The lowest BCUT2D eigenvalue weighted by Gasteiger charge is -2.07. The fraction of sp³-hybridized carbons (Fsp3) is 0.476. The monoisotopic (exact) mass is 391 g/mol. The molecule has 1 heterocycles. The van der Waals surface area contributed by atoms with Crippen LogP contribution in [0.1, 0.15) is 62.1 Å². The second-order valence-electron chi connectivity index (χ2n) is 7.20. The number of nitrogens with one attached hydrogen (secondary N) is 1. The van der Waals surface area contributed by atoms with E-state index < -0.39 is 9.84 Å². The Labute approximate surface area is 162 Å². The number of rotatable bonds is 11. The van der Waals surface area contributed by atoms with Gasteiger partial charge in [-0.25, -0.2) is 8.42 Å². The molecule has 0 aliphatic heterocycles. The molecule has 0 spiro atoms. The van der Waals surface area contributed by atoms with Gasteiger partial charge in [0.25, 0.3) is 5.91 Å². The Hall–Kier alpha value is -2.08. The number of carbonyl (C=O) groups is 1. The number of furan rings is 1. The smallest absolute Gasteiger partial charge is 0.287 e. The highest BCUT2D eigenvalue weighted by molar-refractivity contribution is 7.90. The number of sulfone groups is 1. The minimum atomic E-state index is -3.52. The van der Waals surface area contributed by atoms with Crippen LogP contribution in [0.4, 0.5) is 0 Å². The van der Waals surface area contributed by atoms with Gasteiger partial charge >= 0.3 is 0 Å². The van der Waals surface area contributed by atoms with Gasteiger partial charge in [0.15, 0.2) is 15.6 Å². The molecule has 0 atom stereocenters. The summed E-state index contributed by atoms with van der Waals surface area (Å²) in [5.74, 6) is 0.190. The third-order valence-corrected chi connectivity index (χ3v) is 6.08. The van der Waals surface area contributed by atoms with E-state index in [0.29, 0.717) is 12.1 Å². The molecular weight excluding hydrogens is 362 g/mol. The molecule has 0 saturated heterocycles. The van der Waals surface area contributed by atoms with Gasteiger partial charge in [0, 0.05) is 12.1 Å². The maximum atomic E-state index is 12.5. The van der Waals surface area contributed by atoms with Crippen molar-refractivity contribution in [2.75, 3.05) is 6.54 Å². The van der Waals surface area contributed by atoms with Crippen LogP contribution in [0.5, 0.6) is 0 Å². The Bertz CT molecular complexity index is 810. The summed E-state index contributed by atoms with van der Waals surface area (Å²) in [5, 5.41) is 2.82. The molecule has 148 valence electrons. The lowest BCUT2D eigenvalue weighted by Crippen LogP contribution is -2.25. The number of carbonyl (C=O) groups excluding carboxylic acids is 1. The van der Waals surface area contributed by atoms with E-state index in [0.717, 1.165) is 25.2 Å². The van der Waals surface area contributed by atoms with Crippen molar-refractivity contribution in [1.82, 2.24) is 5.32 Å². The first-order chi connectivity index (χ1) is 12.9. The van der Waals surface area contributed by atoms with Crippen molar-refractivity contribution >= 4 is 15.7 Å². The quantitative estimate of drug-likeness (QED) is 0.568. The molecule has 0 radical (unpaired) electrons. The summed E-state index contributed by atoms with van der Waals surface area (Å²) >= 11 is 0. The van der Waals surface area contributed by atoms with Crippen LogP contribution in [0.3, 0.4) is 0 Å². The van der Waals surface area contributed by atoms with Gasteiger partial charge in [-0.05, 0) is 30.5 Å². The van der Waals surface area contributed by atoms with E-state index >= 15 is 0 Å². The molecule has 0 aliphatic carbocycles. The van der Waals surface area contributed by atoms with E-state index in [1.807, 2.05) is 0 Å². The zero-order valence-corrected chi connectivity index (χ0v) is 16.9. The van der Waals surface area contributed by atoms with Crippen molar-refractivity contribution < 1.29 is 17.6 Å². The third kappa shape index (κ3) is 6.86. The van der Waals surface area contributed by atoms with Crippen LogP contribution in [0, 0.1) is 5.92 Å². The van der Waals surface area contributed by atoms with Crippen LogP contribution in [0.2, 0.25) is 0 Å². The summed E-state index contributed by atoms with van der Waals surface area (Å²) in [5.41, 5.74) is 0.383. The van der Waals surface area contributed by atoms with E-state index in [-0.39, 0.29) is 22.3 Å². The highest BCUT2D eigenvalue weighted by Gasteiger charge is 2.22. The minimum absolute atomic E-state index is 0.0781. The summed E-state index contributed by atoms with van der Waals surface area (Å²) in [4.78, 5) is 12.6. The molecule has 0 bridgehead atoms. The molecule has 1 amide bonds. The van der Waals surface area contributed by atoms with Crippen LogP contribution in [-0.4, -0.2) is 20.9 Å². The Morgan fingerprint density at radius 1 is 1.04 bits per heavy atom. The predicted octanol–water partition coefficient (Wildman–Crippen LogP) is 4.59. The maximum absolute atomic E-state index is 12.5. The summed E-state index contributed by atoms with van der Waals surface area (Å²) in [6, 6.07) is 9.76. The lowest BCUT2D eigenvalue weighted by molar-refractivity contribution is 0.0924. The molecule has 1 aromatic heterocycles. The molecule has 1 aromatic carbocycles. The highest BCUT2D eigenvalue weighted by Crippen LogP contribution is 2.20. The zero-order valence-electron chi connectivity index (χ0n) is 16.1. The van der Waals surface area contributed by atoms with E-state index in [1.54, 1.807) is 36.4 Å². The molecular formula is C21H29NO4S. The Morgan fingerprint density at radius 3 is 2.44 bits per heavy atom. The molecule has 2 rings (SSSR count). The van der Waals surface area contributed by atoms with Gasteiger partial charge in [0.2, 0.25) is 0 Å². The highest BCUT2D eigenvalue weighted by atomic mass is 32.2. The first-order valence-corrected chi connectivity index (χ1v) is 11.2. The standard InChI is InChI=1S/C21H29NO4S/c1-17(2)10-6-3-4-9-14-22-21(23)20-18(13-15-26-20)16-27(24,25)19-11-7-5-8-12-19/h5,7-8,11-13,15,17H,3-4,6,9-10,14,16H2,1-2H3,(H,22,23). The largest absolute Gasteiger partial charge is 0.459 e. The van der Waals surface area contributed by atoms with E-state index in [9.17, 15) is 13.2 Å². The van der Waals surface area contributed by atoms with Gasteiger partial charge in [0.05, 0.1) is 16.9 Å². The fourth-order valence-electron chi connectivity index (χ4n) is 2.88. The molecule has 27 heavy (non-hydrogen) atoms. The van der Waals surface area contributed by atoms with Crippen molar-refractivity contribution in [1.29, 1.82) is 0 Å². The molecule has 0 aliphatic rings. The number of amides is 1. The van der Waals surface area contributed by atoms with Crippen molar-refractivity contribution in [2.45, 2.75) is 56.6 Å². The lowest BCUT2D eigenvalue weighted by atomic mass is 10.0. The van der Waals surface area contributed by atoms with Gasteiger partial charge in [-0.1, -0.05) is 57.7 Å². The molecule has 0 fully saturated rings. The molecule has 2 aromatic rings. The predicted molar refractivity (Wildman–Crippen MR) is 106 cm³/mol. The second kappa shape index (κ2) is 10.3. The maximum Gasteiger partial charge on any atom is 0.287 e. The first kappa shape index (κ1) is 21.2. The van der Waals surface area contributed by atoms with Crippen molar-refractivity contribution in [3.05, 3.63) is 54.0 Å². The molecule has 0 unspecified atom stereocenters. The summed E-state index contributed by atoms with van der Waals surface area (Å²) in [7, 11) is -3.52. The van der Waals surface area contributed by atoms with Gasteiger partial charge in [-0.2, -0.15) is 0 Å². The Morgan fingerprint density at radius 2 is 1.74 bits per heavy atom. The van der Waals surface area contributed by atoms with Gasteiger partial charge < -0.3 is 9.73 Å². The average Bonchev–Trinajstić information content (AvgIpc) is 3.08. The Balaban J connectivity index is 1.84. The number of hydrogen-bond acceptors (Lipinski definition) is 4. The van der Waals surface area contributed by atoms with Gasteiger partial charge in [0.1, 0.15) is 0 Å². The van der Waals surface area contributed by atoms with E-state index in [2.05, 4.69) is 19.2 Å². The van der Waals surface area contributed by atoms with Crippen LogP contribution in [0.25, 0.3) is 0 Å². The van der Waals surface area contributed by atoms with Crippen LogP contribution in [-0.2, 0) is 15.6 Å². The normalized spacial score (nSPS) is 11.7. The van der Waals surface area contributed by atoms with Crippen LogP contribution >= 0.6 is 0 Å². The number of benzene rings is 1. The SMILES string of the molecule is CC(C)CCCCCCNC(=O)c1occc1CS(=O)(=O)c1ccccc1. The average molecular weight is 392 g/mol. The van der Waals surface area contributed by atoms with Crippen molar-refractivity contribution in [2.24, 2.45) is 5.92 Å². The van der Waals surface area contributed by atoms with E-state index in [4.69, 9.17) is 4.42 Å². The first-order valence-electron chi connectivity index (χ1n) is 9.52. The van der Waals surface area contributed by atoms with E-state index in [1.165, 1.54) is 19.1 Å². The second-order valence-corrected chi connectivity index (χ2v) is 9.19. The minimum Gasteiger partial charge on any atom is -0.459 e. The number of unbranched alkanes of at least 4 members (excludes halogenated alkanes) is 3. The molecule has 0 saturated carbocycles. The summed E-state index contributed by atoms with van der Waals surface area (Å²) in [6.45, 7) is 5.00. The van der Waals surface area contributed by atoms with Crippen molar-refractivity contribution in [3.63, 3.8) is 0 Å². The molecule has 1 N–H and O–H groups in total. The van der Waals surface area contributed by atoms with Crippen molar-refractivity contribution in [3.8, 4) is 0 Å². The topological polar surface area (TPSA) is 76.4 Å². The molecule has 6 heteroatoms. The molecule has 5 nitrogen and oxygen atoms in total. The summed E-state index contributed by atoms with van der Waals surface area (Å²) < 4.78 is 30.3. The summed E-state index contributed by atoms with van der Waals surface area (Å²) in [6.07, 6.45) is 6.94. The third-order valence-electron chi connectivity index (χ3n) is 4.39. The van der Waals surface area contributed by atoms with Gasteiger partial charge in [-0.15, -0.1) is 0 Å². The van der Waals surface area contributed by atoms with Crippen LogP contribution in [0.15, 0.2) is 52.0 Å². The van der Waals surface area contributed by atoms with Crippen LogP contribution < -0.4 is 5.32 Å². The fourth-order valence-corrected chi connectivity index (χ4v) is 4.25. The number of hydrogen-bond donors (Lipinski definition) is 1. The zero-order chi connectivity index (χ0) is 19.7. The Kier molecular flexibility index (Phi) is 8.10.